The molecule has 0 aliphatic carbocycles. The molecule has 3 aromatic rings. The van der Waals surface area contributed by atoms with Gasteiger partial charge in [-0.15, -0.1) is 0 Å². The Morgan fingerprint density at radius 2 is 2.35 bits per heavy atom. The summed E-state index contributed by atoms with van der Waals surface area (Å²) in [7, 11) is 0. The third-order valence-corrected chi connectivity index (χ3v) is 4.43. The highest BCUT2D eigenvalue weighted by molar-refractivity contribution is 7.98. The van der Waals surface area contributed by atoms with E-state index in [0.29, 0.717) is 21.4 Å². The Hall–Kier alpha value is -1.93. The molecule has 0 bridgehead atoms. The van der Waals surface area contributed by atoms with E-state index in [-0.39, 0.29) is 5.56 Å². The Balaban J connectivity index is 1.88. The number of aryl methyl sites for hydroxylation is 1. The summed E-state index contributed by atoms with van der Waals surface area (Å²) < 4.78 is 2.09. The molecule has 6 nitrogen and oxygen atoms in total. The average molecular weight is 306 g/mol. The molecule has 0 saturated heterocycles. The van der Waals surface area contributed by atoms with Crippen LogP contribution in [-0.4, -0.2) is 14.6 Å². The van der Waals surface area contributed by atoms with E-state index < -0.39 is 0 Å². The second kappa shape index (κ2) is 5.22. The van der Waals surface area contributed by atoms with E-state index in [0.717, 1.165) is 9.74 Å². The summed E-state index contributed by atoms with van der Waals surface area (Å²) in [6, 6.07) is 6.67. The van der Waals surface area contributed by atoms with Crippen LogP contribution in [0.1, 0.15) is 10.7 Å². The number of aromatic nitrogens is 4. The monoisotopic (exact) mass is 306 g/mol. The number of nitrogens with zero attached hydrogens (tertiary/aromatic N) is 4. The van der Waals surface area contributed by atoms with Crippen molar-refractivity contribution in [3.8, 4) is 0 Å². The molecule has 0 saturated carbocycles. The third kappa shape index (κ3) is 2.52. The van der Waals surface area contributed by atoms with Crippen molar-refractivity contribution in [1.29, 1.82) is 0 Å². The number of rotatable bonds is 3. The van der Waals surface area contributed by atoms with Crippen molar-refractivity contribution in [3.05, 3.63) is 56.7 Å². The Morgan fingerprint density at radius 1 is 1.50 bits per heavy atom. The lowest BCUT2D eigenvalue weighted by Gasteiger charge is -2.02. The fourth-order valence-corrected chi connectivity index (χ4v) is 3.27. The fraction of sp³-hybridized carbons (Fsp3) is 0.167. The van der Waals surface area contributed by atoms with Gasteiger partial charge in [-0.3, -0.25) is 4.79 Å². The van der Waals surface area contributed by atoms with Crippen molar-refractivity contribution in [3.63, 3.8) is 0 Å². The molecule has 3 heterocycles. The van der Waals surface area contributed by atoms with Crippen molar-refractivity contribution < 1.29 is 4.73 Å². The normalized spacial score (nSPS) is 11.1. The van der Waals surface area contributed by atoms with E-state index in [4.69, 9.17) is 0 Å². The van der Waals surface area contributed by atoms with Crippen LogP contribution < -0.4 is 10.3 Å². The summed E-state index contributed by atoms with van der Waals surface area (Å²) in [6.07, 6.45) is 1.44. The molecular formula is C12H10N4O2S2. The number of thioether (sulfide) groups is 1. The van der Waals surface area contributed by atoms with Crippen LogP contribution in [0, 0.1) is 12.1 Å². The Bertz CT molecular complexity index is 828. The zero-order valence-corrected chi connectivity index (χ0v) is 12.1. The van der Waals surface area contributed by atoms with Crippen molar-refractivity contribution in [1.82, 2.24) is 14.6 Å². The maximum absolute atomic E-state index is 11.9. The van der Waals surface area contributed by atoms with Crippen molar-refractivity contribution in [2.75, 3.05) is 0 Å². The first-order valence-electron chi connectivity index (χ1n) is 5.81. The fourth-order valence-electron chi connectivity index (χ4n) is 1.70. The van der Waals surface area contributed by atoms with Gasteiger partial charge < -0.3 is 5.21 Å². The van der Waals surface area contributed by atoms with Gasteiger partial charge in [-0.25, -0.2) is 4.98 Å². The highest BCUT2D eigenvalue weighted by Gasteiger charge is 2.09. The van der Waals surface area contributed by atoms with E-state index in [2.05, 4.69) is 10.1 Å². The van der Waals surface area contributed by atoms with E-state index >= 15 is 0 Å². The minimum Gasteiger partial charge on any atom is -0.618 e. The Kier molecular flexibility index (Phi) is 3.41. The molecule has 0 amide bonds. The predicted molar refractivity (Wildman–Crippen MR) is 76.8 cm³/mol. The first-order valence-corrected chi connectivity index (χ1v) is 7.61. The lowest BCUT2D eigenvalue weighted by Crippen LogP contribution is -2.27. The lowest BCUT2D eigenvalue weighted by atomic mass is 10.4. The van der Waals surface area contributed by atoms with Crippen molar-refractivity contribution in [2.24, 2.45) is 0 Å². The molecule has 0 fully saturated rings. The number of hydrogen-bond acceptors (Lipinski definition) is 6. The first-order chi connectivity index (χ1) is 9.63. The molecule has 0 radical (unpaired) electrons. The van der Waals surface area contributed by atoms with E-state index in [1.165, 1.54) is 39.9 Å². The van der Waals surface area contributed by atoms with Gasteiger partial charge in [0, 0.05) is 24.0 Å². The van der Waals surface area contributed by atoms with Crippen LogP contribution in [0.5, 0.6) is 0 Å². The predicted octanol–water partition coefficient (Wildman–Crippen LogP) is 1.39. The largest absolute Gasteiger partial charge is 0.618 e. The third-order valence-electron chi connectivity index (χ3n) is 2.56. The minimum absolute atomic E-state index is 0.196. The van der Waals surface area contributed by atoms with Crippen molar-refractivity contribution in [2.45, 2.75) is 17.7 Å². The highest BCUT2D eigenvalue weighted by Crippen LogP contribution is 2.18. The van der Waals surface area contributed by atoms with E-state index in [9.17, 15) is 10.0 Å². The second-order valence-electron chi connectivity index (χ2n) is 4.05. The lowest BCUT2D eigenvalue weighted by molar-refractivity contribution is -0.645. The highest BCUT2D eigenvalue weighted by atomic mass is 32.2. The van der Waals surface area contributed by atoms with Gasteiger partial charge in [-0.2, -0.15) is 14.3 Å². The maximum atomic E-state index is 11.9. The minimum atomic E-state index is -0.196. The Labute approximate surface area is 122 Å². The van der Waals surface area contributed by atoms with Gasteiger partial charge in [0.25, 0.3) is 10.6 Å². The molecular weight excluding hydrogens is 296 g/mol. The quantitative estimate of drug-likeness (QED) is 0.415. The van der Waals surface area contributed by atoms with Crippen LogP contribution >= 0.6 is 23.1 Å². The number of fused-ring (bicyclic) bond motifs is 1. The van der Waals surface area contributed by atoms with Gasteiger partial charge in [-0.05, 0) is 24.8 Å². The first kappa shape index (κ1) is 13.1. The average Bonchev–Trinajstić information content (AvgIpc) is 2.79. The maximum Gasteiger partial charge on any atom is 0.275 e. The molecule has 0 unspecified atom stereocenters. The standard InChI is InChI=1S/C12H10N4O2S2/c1-8-14-16-10(17)6-9(13-12(16)20-8)7-19-11-4-2-3-5-15(11)18/h2-6H,7H2,1H3. The van der Waals surface area contributed by atoms with Crippen LogP contribution in [0.2, 0.25) is 0 Å². The summed E-state index contributed by atoms with van der Waals surface area (Å²) >= 11 is 2.72. The van der Waals surface area contributed by atoms with Crippen LogP contribution in [0.4, 0.5) is 0 Å². The molecule has 102 valence electrons. The van der Waals surface area contributed by atoms with Gasteiger partial charge in [0.05, 0.1) is 5.69 Å². The molecule has 0 aromatic carbocycles. The van der Waals surface area contributed by atoms with Gasteiger partial charge in [0.1, 0.15) is 5.01 Å². The van der Waals surface area contributed by atoms with E-state index in [1.807, 2.05) is 6.92 Å². The molecule has 8 heteroatoms. The van der Waals surface area contributed by atoms with Crippen LogP contribution in [-0.2, 0) is 5.75 Å². The smallest absolute Gasteiger partial charge is 0.275 e. The van der Waals surface area contributed by atoms with Crippen LogP contribution in [0.15, 0.2) is 40.3 Å². The molecule has 0 atom stereocenters. The van der Waals surface area contributed by atoms with Gasteiger partial charge in [0.15, 0.2) is 6.20 Å². The summed E-state index contributed by atoms with van der Waals surface area (Å²) in [5, 5.41) is 17.0. The van der Waals surface area contributed by atoms with Gasteiger partial charge >= 0.3 is 0 Å². The molecule has 0 aliphatic rings. The van der Waals surface area contributed by atoms with E-state index in [1.54, 1.807) is 18.2 Å². The van der Waals surface area contributed by atoms with Gasteiger partial charge in [0.2, 0.25) is 4.96 Å². The summed E-state index contributed by atoms with van der Waals surface area (Å²) in [4.78, 5) is 16.8. The Morgan fingerprint density at radius 3 is 3.15 bits per heavy atom. The van der Waals surface area contributed by atoms with Crippen LogP contribution in [0.3, 0.4) is 0 Å². The molecule has 3 rings (SSSR count). The van der Waals surface area contributed by atoms with Crippen molar-refractivity contribution >= 4 is 28.1 Å². The van der Waals surface area contributed by atoms with Crippen LogP contribution in [0.25, 0.3) is 4.96 Å². The molecule has 0 aliphatic heterocycles. The number of pyridine rings is 1. The molecule has 20 heavy (non-hydrogen) atoms. The summed E-state index contributed by atoms with van der Waals surface area (Å²) in [6.45, 7) is 1.83. The molecule has 0 spiro atoms. The molecule has 3 aromatic heterocycles. The summed E-state index contributed by atoms with van der Waals surface area (Å²) in [5.74, 6) is 0.467. The van der Waals surface area contributed by atoms with Gasteiger partial charge in [-0.1, -0.05) is 11.3 Å². The number of hydrogen-bond donors (Lipinski definition) is 0. The zero-order valence-electron chi connectivity index (χ0n) is 10.5. The SMILES string of the molecule is Cc1nn2c(=O)cc(CSc3cccc[n+]3[O-])nc2s1. The zero-order chi connectivity index (χ0) is 14.1. The second-order valence-corrected chi connectivity index (χ2v) is 6.21. The topological polar surface area (TPSA) is 74.2 Å². The summed E-state index contributed by atoms with van der Waals surface area (Å²) in [5.41, 5.74) is 0.450. The molecule has 0 N–H and O–H groups in total.